The van der Waals surface area contributed by atoms with E-state index >= 15 is 0 Å². The molecule has 0 aliphatic carbocycles. The second-order valence-electron chi connectivity index (χ2n) is 3.35. The van der Waals surface area contributed by atoms with Crippen LogP contribution in [0.2, 0.25) is 0 Å². The van der Waals surface area contributed by atoms with Crippen LogP contribution >= 0.6 is 27.3 Å². The Bertz CT molecular complexity index is 524. The number of nitrogens with zero attached hydrogens (tertiary/aromatic N) is 2. The van der Waals surface area contributed by atoms with Crippen molar-refractivity contribution < 1.29 is 4.79 Å². The normalized spacial score (nSPS) is 10.4. The van der Waals surface area contributed by atoms with E-state index in [4.69, 9.17) is 0 Å². The number of carbonyl (C=O) groups is 1. The fourth-order valence-corrected chi connectivity index (χ4v) is 2.30. The average molecular weight is 297 g/mol. The maximum absolute atomic E-state index is 11.9. The quantitative estimate of drug-likeness (QED) is 0.818. The lowest BCUT2D eigenvalue weighted by Gasteiger charge is -1.98. The van der Waals surface area contributed by atoms with Crippen LogP contribution in [-0.4, -0.2) is 15.8 Å². The molecule has 0 saturated carbocycles. The van der Waals surface area contributed by atoms with Crippen LogP contribution in [0.1, 0.15) is 21.1 Å². The highest BCUT2D eigenvalue weighted by Gasteiger charge is 2.09. The van der Waals surface area contributed by atoms with E-state index in [-0.39, 0.29) is 5.78 Å². The zero-order valence-corrected chi connectivity index (χ0v) is 11.0. The molecule has 0 saturated heterocycles. The van der Waals surface area contributed by atoms with E-state index < -0.39 is 0 Å². The summed E-state index contributed by atoms with van der Waals surface area (Å²) in [4.78, 5) is 20.1. The van der Waals surface area contributed by atoms with Gasteiger partial charge in [0.2, 0.25) is 0 Å². The second kappa shape index (κ2) is 4.84. The Morgan fingerprint density at radius 1 is 1.50 bits per heavy atom. The third-order valence-electron chi connectivity index (χ3n) is 2.04. The van der Waals surface area contributed by atoms with Gasteiger partial charge in [0.15, 0.2) is 5.78 Å². The molecule has 0 radical (unpaired) electrons. The Balaban J connectivity index is 2.14. The maximum atomic E-state index is 11.9. The molecule has 0 bridgehead atoms. The van der Waals surface area contributed by atoms with E-state index in [0.717, 1.165) is 15.2 Å². The van der Waals surface area contributed by atoms with Gasteiger partial charge in [-0.25, -0.2) is 4.98 Å². The van der Waals surface area contributed by atoms with Crippen LogP contribution in [0.25, 0.3) is 0 Å². The number of halogens is 1. The number of carbonyl (C=O) groups excluding carboxylic acids is 1. The smallest absolute Gasteiger partial charge is 0.170 e. The molecule has 0 aliphatic heterocycles. The SMILES string of the molecule is Cc1nc(CC(=O)c2cncc(Br)c2)cs1. The lowest BCUT2D eigenvalue weighted by molar-refractivity contribution is 0.0991. The summed E-state index contributed by atoms with van der Waals surface area (Å²) in [5, 5.41) is 2.90. The highest BCUT2D eigenvalue weighted by atomic mass is 79.9. The van der Waals surface area contributed by atoms with Gasteiger partial charge in [-0.2, -0.15) is 0 Å². The Morgan fingerprint density at radius 2 is 2.31 bits per heavy atom. The third kappa shape index (κ3) is 2.74. The summed E-state index contributed by atoms with van der Waals surface area (Å²) in [5.74, 6) is 0.0408. The molecule has 0 unspecified atom stereocenters. The summed E-state index contributed by atoms with van der Waals surface area (Å²) in [7, 11) is 0. The summed E-state index contributed by atoms with van der Waals surface area (Å²) in [5.41, 5.74) is 1.44. The van der Waals surface area contributed by atoms with Gasteiger partial charge in [-0.15, -0.1) is 11.3 Å². The Kier molecular flexibility index (Phi) is 3.46. The fourth-order valence-electron chi connectivity index (χ4n) is 1.32. The number of pyridine rings is 1. The second-order valence-corrected chi connectivity index (χ2v) is 5.33. The number of aryl methyl sites for hydroxylation is 1. The maximum Gasteiger partial charge on any atom is 0.170 e. The van der Waals surface area contributed by atoms with Crippen LogP contribution in [-0.2, 0) is 6.42 Å². The molecular formula is C11H9BrN2OS. The van der Waals surface area contributed by atoms with Crippen molar-refractivity contribution in [3.63, 3.8) is 0 Å². The zero-order chi connectivity index (χ0) is 11.5. The first-order valence-electron chi connectivity index (χ1n) is 4.70. The van der Waals surface area contributed by atoms with Crippen molar-refractivity contribution in [1.29, 1.82) is 0 Å². The largest absolute Gasteiger partial charge is 0.294 e. The molecule has 82 valence electrons. The van der Waals surface area contributed by atoms with Crippen molar-refractivity contribution >= 4 is 33.0 Å². The number of rotatable bonds is 3. The zero-order valence-electron chi connectivity index (χ0n) is 8.61. The lowest BCUT2D eigenvalue weighted by Crippen LogP contribution is -2.04. The average Bonchev–Trinajstić information content (AvgIpc) is 2.64. The van der Waals surface area contributed by atoms with Gasteiger partial charge in [0.05, 0.1) is 17.1 Å². The van der Waals surface area contributed by atoms with Crippen LogP contribution < -0.4 is 0 Å². The molecular weight excluding hydrogens is 288 g/mol. The fraction of sp³-hybridized carbons (Fsp3) is 0.182. The molecule has 2 heterocycles. The van der Waals surface area contributed by atoms with Gasteiger partial charge in [0.25, 0.3) is 0 Å². The molecule has 0 spiro atoms. The van der Waals surface area contributed by atoms with E-state index in [2.05, 4.69) is 25.9 Å². The minimum absolute atomic E-state index is 0.0408. The predicted molar refractivity (Wildman–Crippen MR) is 66.8 cm³/mol. The minimum atomic E-state index is 0.0408. The van der Waals surface area contributed by atoms with Crippen LogP contribution in [0, 0.1) is 6.92 Å². The highest BCUT2D eigenvalue weighted by molar-refractivity contribution is 9.10. The van der Waals surface area contributed by atoms with Gasteiger partial charge >= 0.3 is 0 Å². The van der Waals surface area contributed by atoms with Gasteiger partial charge in [-0.3, -0.25) is 9.78 Å². The van der Waals surface area contributed by atoms with Crippen molar-refractivity contribution in [1.82, 2.24) is 9.97 Å². The summed E-state index contributed by atoms with van der Waals surface area (Å²) in [6, 6.07) is 1.77. The number of Topliss-reactive ketones (excluding diaryl/α,β-unsaturated/α-hetero) is 1. The number of thiazole rings is 1. The minimum Gasteiger partial charge on any atom is -0.294 e. The van der Waals surface area contributed by atoms with Crippen molar-refractivity contribution in [3.05, 3.63) is 44.6 Å². The first-order chi connectivity index (χ1) is 7.65. The summed E-state index contributed by atoms with van der Waals surface area (Å²) in [6.07, 6.45) is 3.57. The molecule has 0 amide bonds. The molecule has 0 aromatic carbocycles. The van der Waals surface area contributed by atoms with E-state index in [0.29, 0.717) is 12.0 Å². The topological polar surface area (TPSA) is 42.9 Å². The molecule has 5 heteroatoms. The summed E-state index contributed by atoms with van der Waals surface area (Å²) < 4.78 is 0.813. The standard InChI is InChI=1S/C11H9BrN2OS/c1-7-14-10(6-16-7)3-11(15)8-2-9(12)5-13-4-8/h2,4-6H,3H2,1H3. The van der Waals surface area contributed by atoms with Gasteiger partial charge in [0.1, 0.15) is 0 Å². The summed E-state index contributed by atoms with van der Waals surface area (Å²) in [6.45, 7) is 1.93. The number of hydrogen-bond acceptors (Lipinski definition) is 4. The predicted octanol–water partition coefficient (Wildman–Crippen LogP) is 3.03. The highest BCUT2D eigenvalue weighted by Crippen LogP contribution is 2.14. The third-order valence-corrected chi connectivity index (χ3v) is 3.29. The first-order valence-corrected chi connectivity index (χ1v) is 6.37. The van der Waals surface area contributed by atoms with Gasteiger partial charge in [-0.05, 0) is 28.9 Å². The Morgan fingerprint density at radius 3 is 2.94 bits per heavy atom. The van der Waals surface area contributed by atoms with Crippen LogP contribution in [0.3, 0.4) is 0 Å². The van der Waals surface area contributed by atoms with Crippen LogP contribution in [0.15, 0.2) is 28.3 Å². The van der Waals surface area contributed by atoms with Crippen molar-refractivity contribution in [3.8, 4) is 0 Å². The molecule has 2 aromatic heterocycles. The van der Waals surface area contributed by atoms with Crippen LogP contribution in [0.5, 0.6) is 0 Å². The monoisotopic (exact) mass is 296 g/mol. The van der Waals surface area contributed by atoms with Crippen molar-refractivity contribution in [2.45, 2.75) is 13.3 Å². The van der Waals surface area contributed by atoms with E-state index in [1.165, 1.54) is 0 Å². The van der Waals surface area contributed by atoms with E-state index in [1.807, 2.05) is 12.3 Å². The van der Waals surface area contributed by atoms with Gasteiger partial charge in [-0.1, -0.05) is 0 Å². The molecule has 2 rings (SSSR count). The Labute approximate surface area is 106 Å². The first kappa shape index (κ1) is 11.4. The number of aromatic nitrogens is 2. The number of ketones is 1. The van der Waals surface area contributed by atoms with Gasteiger partial charge in [0, 0.05) is 27.8 Å². The molecule has 0 atom stereocenters. The van der Waals surface area contributed by atoms with Gasteiger partial charge < -0.3 is 0 Å². The van der Waals surface area contributed by atoms with Crippen molar-refractivity contribution in [2.24, 2.45) is 0 Å². The molecule has 0 aliphatic rings. The molecule has 0 fully saturated rings. The summed E-state index contributed by atoms with van der Waals surface area (Å²) >= 11 is 4.85. The molecule has 3 nitrogen and oxygen atoms in total. The Hall–Kier alpha value is -1.07. The van der Waals surface area contributed by atoms with Crippen LogP contribution in [0.4, 0.5) is 0 Å². The van der Waals surface area contributed by atoms with E-state index in [9.17, 15) is 4.79 Å². The number of hydrogen-bond donors (Lipinski definition) is 0. The molecule has 2 aromatic rings. The van der Waals surface area contributed by atoms with E-state index in [1.54, 1.807) is 29.8 Å². The molecule has 16 heavy (non-hydrogen) atoms. The van der Waals surface area contributed by atoms with Crippen molar-refractivity contribution in [2.75, 3.05) is 0 Å². The molecule has 0 N–H and O–H groups in total. The lowest BCUT2D eigenvalue weighted by atomic mass is 10.1.